The first-order chi connectivity index (χ1) is 18.1. The van der Waals surface area contributed by atoms with Gasteiger partial charge in [-0.1, -0.05) is 12.8 Å². The summed E-state index contributed by atoms with van der Waals surface area (Å²) >= 11 is 5.54. The van der Waals surface area contributed by atoms with E-state index in [9.17, 15) is 26.4 Å². The fourth-order valence-corrected chi connectivity index (χ4v) is 6.68. The molecule has 2 aliphatic heterocycles. The maximum Gasteiger partial charge on any atom is 0.417 e. The van der Waals surface area contributed by atoms with E-state index in [1.54, 1.807) is 43.0 Å². The Morgan fingerprint density at radius 2 is 1.64 bits per heavy atom. The Balaban J connectivity index is 1.51. The van der Waals surface area contributed by atoms with Crippen LogP contribution < -0.4 is 4.90 Å². The molecular formula is C26H36F3N5O3S2. The van der Waals surface area contributed by atoms with Crippen molar-refractivity contribution >= 4 is 38.9 Å². The summed E-state index contributed by atoms with van der Waals surface area (Å²) in [5.41, 5.74) is -2.63. The molecule has 0 N–H and O–H groups in total. The number of benzene rings is 1. The second-order valence-corrected chi connectivity index (χ2v) is 13.6. The predicted octanol–water partition coefficient (Wildman–Crippen LogP) is 4.21. The second-order valence-electron chi connectivity index (χ2n) is 10.7. The van der Waals surface area contributed by atoms with Crippen molar-refractivity contribution in [1.82, 2.24) is 14.1 Å². The molecule has 13 heteroatoms. The topological polar surface area (TPSA) is 88.0 Å². The van der Waals surface area contributed by atoms with Gasteiger partial charge in [-0.05, 0) is 77.5 Å². The number of hydrogen-bond donors (Lipinski definition) is 0. The zero-order valence-electron chi connectivity index (χ0n) is 22.8. The third-order valence-electron chi connectivity index (χ3n) is 7.40. The van der Waals surface area contributed by atoms with Gasteiger partial charge < -0.3 is 9.80 Å². The third-order valence-corrected chi connectivity index (χ3v) is 10.1. The Labute approximate surface area is 234 Å². The molecule has 0 aromatic heterocycles. The molecule has 39 heavy (non-hydrogen) atoms. The summed E-state index contributed by atoms with van der Waals surface area (Å²) < 4.78 is 66.6. The molecule has 0 saturated carbocycles. The Bertz CT molecular complexity index is 1220. The average molecular weight is 588 g/mol. The van der Waals surface area contributed by atoms with Crippen molar-refractivity contribution in [3.8, 4) is 6.07 Å². The van der Waals surface area contributed by atoms with E-state index >= 15 is 0 Å². The zero-order valence-corrected chi connectivity index (χ0v) is 24.4. The Kier molecular flexibility index (Phi) is 9.68. The van der Waals surface area contributed by atoms with Gasteiger partial charge in [0.25, 0.3) is 5.91 Å². The first-order valence-electron chi connectivity index (χ1n) is 13.1. The number of hydrogen-bond acceptors (Lipinski definition) is 6. The SMILES string of the molecule is CC(C)S(=O)(=O)N1CCN(CCCCCCN2C(=S)N(c3ccc(C#N)c(C(F)(F)F)c3)C(=O)C2(C)C)CC1. The maximum absolute atomic E-state index is 13.5. The normalized spacial score (nSPS) is 19.3. The first-order valence-corrected chi connectivity index (χ1v) is 15.0. The van der Waals surface area contributed by atoms with Crippen LogP contribution in [0, 0.1) is 11.3 Å². The van der Waals surface area contributed by atoms with Gasteiger partial charge in [-0.15, -0.1) is 0 Å². The number of thiocarbonyl (C=S) groups is 1. The third kappa shape index (κ3) is 6.73. The van der Waals surface area contributed by atoms with Gasteiger partial charge in [0.1, 0.15) is 5.54 Å². The molecular weight excluding hydrogens is 551 g/mol. The summed E-state index contributed by atoms with van der Waals surface area (Å²) in [4.78, 5) is 18.4. The summed E-state index contributed by atoms with van der Waals surface area (Å²) in [7, 11) is -3.21. The van der Waals surface area contributed by atoms with Crippen LogP contribution in [0.4, 0.5) is 18.9 Å². The van der Waals surface area contributed by atoms with Crippen molar-refractivity contribution in [2.75, 3.05) is 44.2 Å². The minimum atomic E-state index is -4.74. The van der Waals surface area contributed by atoms with Crippen LogP contribution >= 0.6 is 12.2 Å². The molecule has 0 spiro atoms. The minimum absolute atomic E-state index is 0.00630. The lowest BCUT2D eigenvalue weighted by Crippen LogP contribution is -2.50. The van der Waals surface area contributed by atoms with Crippen molar-refractivity contribution in [2.24, 2.45) is 0 Å². The summed E-state index contributed by atoms with van der Waals surface area (Å²) in [6, 6.07) is 4.73. The molecule has 2 aliphatic rings. The van der Waals surface area contributed by atoms with Crippen LogP contribution in [0.15, 0.2) is 18.2 Å². The molecule has 2 heterocycles. The van der Waals surface area contributed by atoms with Gasteiger partial charge in [0.2, 0.25) is 10.0 Å². The molecule has 8 nitrogen and oxygen atoms in total. The fraction of sp³-hybridized carbons (Fsp3) is 0.654. The Morgan fingerprint density at radius 3 is 2.18 bits per heavy atom. The van der Waals surface area contributed by atoms with Crippen LogP contribution in [-0.2, 0) is 21.0 Å². The van der Waals surface area contributed by atoms with Crippen molar-refractivity contribution in [1.29, 1.82) is 5.26 Å². The number of amides is 1. The highest BCUT2D eigenvalue weighted by Crippen LogP contribution is 2.38. The number of halogens is 3. The Morgan fingerprint density at radius 1 is 1.05 bits per heavy atom. The van der Waals surface area contributed by atoms with E-state index in [0.717, 1.165) is 49.3 Å². The van der Waals surface area contributed by atoms with E-state index < -0.39 is 44.0 Å². The Hall–Kier alpha value is -2.27. The van der Waals surface area contributed by atoms with E-state index in [-0.39, 0.29) is 10.8 Å². The molecule has 0 aliphatic carbocycles. The summed E-state index contributed by atoms with van der Waals surface area (Å²) in [6.07, 6.45) is -1.18. The van der Waals surface area contributed by atoms with Crippen molar-refractivity contribution < 1.29 is 26.4 Å². The number of unbranched alkanes of at least 4 members (excludes halogenated alkanes) is 3. The predicted molar refractivity (Wildman–Crippen MR) is 148 cm³/mol. The van der Waals surface area contributed by atoms with E-state index in [4.69, 9.17) is 17.5 Å². The molecule has 0 atom stereocenters. The number of nitrogens with zero attached hydrogens (tertiary/aromatic N) is 5. The lowest BCUT2D eigenvalue weighted by atomic mass is 10.0. The van der Waals surface area contributed by atoms with Crippen molar-refractivity contribution in [3.63, 3.8) is 0 Å². The van der Waals surface area contributed by atoms with Gasteiger partial charge >= 0.3 is 6.18 Å². The van der Waals surface area contributed by atoms with Crippen LogP contribution in [0.5, 0.6) is 0 Å². The quantitative estimate of drug-likeness (QED) is 0.300. The second kappa shape index (κ2) is 12.1. The fourth-order valence-electron chi connectivity index (χ4n) is 4.91. The van der Waals surface area contributed by atoms with E-state index in [2.05, 4.69) is 4.90 Å². The van der Waals surface area contributed by atoms with Crippen LogP contribution in [0.2, 0.25) is 0 Å². The van der Waals surface area contributed by atoms with Gasteiger partial charge in [0.15, 0.2) is 5.11 Å². The molecule has 0 bridgehead atoms. The standard InChI is InChI=1S/C26H36F3N5O3S2/c1-19(2)39(36,37)32-15-13-31(14-16-32)11-7-5-6-8-12-33-24(38)34(23(35)25(33,3)4)21-10-9-20(18-30)22(17-21)26(27,28)29/h9-10,17,19H,5-8,11-16H2,1-4H3. The molecule has 1 amide bonds. The molecule has 1 aromatic rings. The molecule has 2 fully saturated rings. The average Bonchev–Trinajstić information content (AvgIpc) is 3.04. The zero-order chi connectivity index (χ0) is 29.2. The van der Waals surface area contributed by atoms with Crippen LogP contribution in [0.1, 0.15) is 64.5 Å². The largest absolute Gasteiger partial charge is 0.417 e. The van der Waals surface area contributed by atoms with Crippen LogP contribution in [0.3, 0.4) is 0 Å². The first kappa shape index (κ1) is 31.3. The van der Waals surface area contributed by atoms with Crippen LogP contribution in [-0.4, -0.2) is 83.6 Å². The highest BCUT2D eigenvalue weighted by molar-refractivity contribution is 7.89. The summed E-state index contributed by atoms with van der Waals surface area (Å²) in [5.74, 6) is -0.413. The lowest BCUT2D eigenvalue weighted by molar-refractivity contribution is -0.137. The number of piperazine rings is 1. The van der Waals surface area contributed by atoms with Gasteiger partial charge in [0, 0.05) is 32.7 Å². The number of anilines is 1. The highest BCUT2D eigenvalue weighted by atomic mass is 32.2. The minimum Gasteiger partial charge on any atom is -0.334 e. The molecule has 2 saturated heterocycles. The number of carbonyl (C=O) groups is 1. The molecule has 216 valence electrons. The maximum atomic E-state index is 13.5. The number of sulfonamides is 1. The van der Waals surface area contributed by atoms with Gasteiger partial charge in [0.05, 0.1) is 28.1 Å². The monoisotopic (exact) mass is 587 g/mol. The number of carbonyl (C=O) groups excluding carboxylic acids is 1. The molecule has 0 unspecified atom stereocenters. The number of nitriles is 1. The van der Waals surface area contributed by atoms with Crippen molar-refractivity contribution in [2.45, 2.75) is 70.3 Å². The summed E-state index contributed by atoms with van der Waals surface area (Å²) in [6.45, 7) is 10.6. The van der Waals surface area contributed by atoms with Gasteiger partial charge in [-0.3, -0.25) is 9.69 Å². The highest BCUT2D eigenvalue weighted by Gasteiger charge is 2.49. The van der Waals surface area contributed by atoms with E-state index in [0.29, 0.717) is 32.7 Å². The smallest absolute Gasteiger partial charge is 0.334 e. The van der Waals surface area contributed by atoms with Crippen molar-refractivity contribution in [3.05, 3.63) is 29.3 Å². The molecule has 1 aromatic carbocycles. The number of alkyl halides is 3. The lowest BCUT2D eigenvalue weighted by Gasteiger charge is -2.34. The number of rotatable bonds is 10. The molecule has 3 rings (SSSR count). The molecule has 0 radical (unpaired) electrons. The van der Waals surface area contributed by atoms with Crippen LogP contribution in [0.25, 0.3) is 0 Å². The summed E-state index contributed by atoms with van der Waals surface area (Å²) in [5, 5.41) is 8.80. The van der Waals surface area contributed by atoms with Gasteiger partial charge in [-0.25, -0.2) is 8.42 Å². The van der Waals surface area contributed by atoms with E-state index in [1.807, 2.05) is 0 Å². The van der Waals surface area contributed by atoms with Gasteiger partial charge in [-0.2, -0.15) is 22.7 Å². The van der Waals surface area contributed by atoms with E-state index in [1.165, 1.54) is 6.07 Å².